The molecule has 1 aromatic heterocycles. The van der Waals surface area contributed by atoms with Crippen LogP contribution in [-0.2, 0) is 5.88 Å². The van der Waals surface area contributed by atoms with E-state index in [2.05, 4.69) is 20.9 Å². The molecule has 0 spiro atoms. The van der Waals surface area contributed by atoms with Gasteiger partial charge in [0.1, 0.15) is 4.60 Å². The van der Waals surface area contributed by atoms with Crippen LogP contribution in [-0.4, -0.2) is 4.98 Å². The van der Waals surface area contributed by atoms with Gasteiger partial charge in [-0.2, -0.15) is 0 Å². The molecule has 0 saturated carbocycles. The van der Waals surface area contributed by atoms with Crippen molar-refractivity contribution in [3.63, 3.8) is 0 Å². The molecule has 0 radical (unpaired) electrons. The summed E-state index contributed by atoms with van der Waals surface area (Å²) in [7, 11) is 0. The highest BCUT2D eigenvalue weighted by Crippen LogP contribution is 2.18. The number of aromatic nitrogens is 1. The molecule has 1 nitrogen and oxygen atoms in total. The van der Waals surface area contributed by atoms with Crippen LogP contribution < -0.4 is 0 Å². The predicted molar refractivity (Wildman–Crippen MR) is 46.2 cm³/mol. The molecule has 1 rings (SSSR count). The molecule has 0 aliphatic heterocycles. The lowest BCUT2D eigenvalue weighted by Crippen LogP contribution is -1.88. The van der Waals surface area contributed by atoms with E-state index in [0.29, 0.717) is 5.88 Å². The maximum Gasteiger partial charge on any atom is 0.110 e. The Kier molecular flexibility index (Phi) is 2.69. The first-order valence-corrected chi connectivity index (χ1v) is 4.24. The fourth-order valence-corrected chi connectivity index (χ4v) is 1.79. The molecule has 3 heteroatoms. The quantitative estimate of drug-likeness (QED) is 0.524. The second kappa shape index (κ2) is 3.35. The van der Waals surface area contributed by atoms with Gasteiger partial charge in [-0.3, -0.25) is 0 Å². The summed E-state index contributed by atoms with van der Waals surface area (Å²) >= 11 is 8.98. The summed E-state index contributed by atoms with van der Waals surface area (Å²) in [5, 5.41) is 0. The first-order valence-electron chi connectivity index (χ1n) is 2.91. The van der Waals surface area contributed by atoms with Crippen molar-refractivity contribution in [1.82, 2.24) is 4.98 Å². The first kappa shape index (κ1) is 8.02. The lowest BCUT2D eigenvalue weighted by atomic mass is 10.2. The summed E-state index contributed by atoms with van der Waals surface area (Å²) in [6.45, 7) is 2.02. The van der Waals surface area contributed by atoms with Crippen molar-refractivity contribution < 1.29 is 0 Å². The summed E-state index contributed by atoms with van der Waals surface area (Å²) in [5.74, 6) is 0.514. The highest BCUT2D eigenvalue weighted by Gasteiger charge is 2.00. The first-order chi connectivity index (χ1) is 4.75. The second-order valence-electron chi connectivity index (χ2n) is 2.03. The van der Waals surface area contributed by atoms with Crippen LogP contribution in [0.15, 0.2) is 16.9 Å². The van der Waals surface area contributed by atoms with Crippen LogP contribution >= 0.6 is 27.5 Å². The van der Waals surface area contributed by atoms with Crippen LogP contribution in [0, 0.1) is 6.92 Å². The summed E-state index contributed by atoms with van der Waals surface area (Å²) in [4.78, 5) is 4.04. The smallest absolute Gasteiger partial charge is 0.110 e. The van der Waals surface area contributed by atoms with Crippen LogP contribution in [0.4, 0.5) is 0 Å². The lowest BCUT2D eigenvalue weighted by Gasteiger charge is -2.01. The normalized spacial score (nSPS) is 9.90. The number of nitrogens with zero attached hydrogens (tertiary/aromatic N) is 1. The Morgan fingerprint density at radius 2 is 2.40 bits per heavy atom. The molecule has 0 bridgehead atoms. The summed E-state index contributed by atoms with van der Waals surface area (Å²) in [6, 6.07) is 1.95. The van der Waals surface area contributed by atoms with Gasteiger partial charge in [0.05, 0.1) is 5.88 Å². The van der Waals surface area contributed by atoms with Gasteiger partial charge in [0.15, 0.2) is 0 Å². The minimum Gasteiger partial charge on any atom is -0.249 e. The van der Waals surface area contributed by atoms with E-state index in [4.69, 9.17) is 11.6 Å². The molecule has 54 valence electrons. The van der Waals surface area contributed by atoms with E-state index in [1.165, 1.54) is 5.56 Å². The summed E-state index contributed by atoms with van der Waals surface area (Å²) < 4.78 is 0.850. The molecule has 0 saturated heterocycles. The predicted octanol–water partition coefficient (Wildman–Crippen LogP) is 2.89. The van der Waals surface area contributed by atoms with E-state index >= 15 is 0 Å². The molecular formula is C7H7BrClN. The molecule has 10 heavy (non-hydrogen) atoms. The van der Waals surface area contributed by atoms with Crippen molar-refractivity contribution in [3.05, 3.63) is 28.0 Å². The van der Waals surface area contributed by atoms with Crippen molar-refractivity contribution in [2.45, 2.75) is 12.8 Å². The van der Waals surface area contributed by atoms with Crippen molar-refractivity contribution >= 4 is 27.5 Å². The average Bonchev–Trinajstić information content (AvgIpc) is 1.88. The molecule has 0 amide bonds. The van der Waals surface area contributed by atoms with Crippen molar-refractivity contribution in [3.8, 4) is 0 Å². The number of halogens is 2. The molecule has 1 aromatic rings. The topological polar surface area (TPSA) is 12.9 Å². The zero-order valence-electron chi connectivity index (χ0n) is 5.56. The van der Waals surface area contributed by atoms with E-state index in [9.17, 15) is 0 Å². The van der Waals surface area contributed by atoms with Crippen LogP contribution in [0.25, 0.3) is 0 Å². The van der Waals surface area contributed by atoms with Gasteiger partial charge >= 0.3 is 0 Å². The maximum atomic E-state index is 5.67. The number of hydrogen-bond acceptors (Lipinski definition) is 1. The zero-order chi connectivity index (χ0) is 7.56. The van der Waals surface area contributed by atoms with Gasteiger partial charge in [0.25, 0.3) is 0 Å². The number of alkyl halides is 1. The van der Waals surface area contributed by atoms with Gasteiger partial charge in [-0.1, -0.05) is 0 Å². The van der Waals surface area contributed by atoms with E-state index in [1.54, 1.807) is 6.20 Å². The third kappa shape index (κ3) is 1.50. The Morgan fingerprint density at radius 3 is 2.80 bits per heavy atom. The average molecular weight is 220 g/mol. The minimum absolute atomic E-state index is 0.514. The van der Waals surface area contributed by atoms with Gasteiger partial charge in [0, 0.05) is 11.8 Å². The van der Waals surface area contributed by atoms with Gasteiger partial charge in [-0.05, 0) is 34.5 Å². The van der Waals surface area contributed by atoms with Crippen LogP contribution in [0.3, 0.4) is 0 Å². The van der Waals surface area contributed by atoms with Gasteiger partial charge in [-0.15, -0.1) is 11.6 Å². The maximum absolute atomic E-state index is 5.67. The third-order valence-electron chi connectivity index (χ3n) is 1.37. The summed E-state index contributed by atoms with van der Waals surface area (Å²) in [6.07, 6.45) is 1.76. The minimum atomic E-state index is 0.514. The number of hydrogen-bond donors (Lipinski definition) is 0. The number of pyridine rings is 1. The Bertz CT molecular complexity index is 217. The van der Waals surface area contributed by atoms with Crippen LogP contribution in [0.1, 0.15) is 11.1 Å². The standard InChI is InChI=1S/C7H7BrClN/c1-5-2-3-10-7(8)6(5)4-9/h2-3H,4H2,1H3. The van der Waals surface area contributed by atoms with Crippen LogP contribution in [0.5, 0.6) is 0 Å². The molecular weight excluding hydrogens is 213 g/mol. The van der Waals surface area contributed by atoms with Gasteiger partial charge in [0.2, 0.25) is 0 Å². The highest BCUT2D eigenvalue weighted by molar-refractivity contribution is 9.10. The number of aryl methyl sites for hydroxylation is 1. The molecule has 0 N–H and O–H groups in total. The SMILES string of the molecule is Cc1ccnc(Br)c1CCl. The zero-order valence-corrected chi connectivity index (χ0v) is 7.91. The van der Waals surface area contributed by atoms with Crippen molar-refractivity contribution in [1.29, 1.82) is 0 Å². The van der Waals surface area contributed by atoms with Gasteiger partial charge < -0.3 is 0 Å². The monoisotopic (exact) mass is 219 g/mol. The fraction of sp³-hybridized carbons (Fsp3) is 0.286. The van der Waals surface area contributed by atoms with Gasteiger partial charge in [-0.25, -0.2) is 4.98 Å². The molecule has 0 aliphatic rings. The second-order valence-corrected chi connectivity index (χ2v) is 3.05. The van der Waals surface area contributed by atoms with Crippen molar-refractivity contribution in [2.75, 3.05) is 0 Å². The Morgan fingerprint density at radius 1 is 1.70 bits per heavy atom. The number of rotatable bonds is 1. The Balaban J connectivity index is 3.17. The van der Waals surface area contributed by atoms with E-state index < -0.39 is 0 Å². The molecule has 0 unspecified atom stereocenters. The molecule has 1 heterocycles. The lowest BCUT2D eigenvalue weighted by molar-refractivity contribution is 1.15. The molecule has 0 aliphatic carbocycles. The van der Waals surface area contributed by atoms with Crippen molar-refractivity contribution in [2.24, 2.45) is 0 Å². The Labute approximate surface area is 73.6 Å². The van der Waals surface area contributed by atoms with Crippen LogP contribution in [0.2, 0.25) is 0 Å². The molecule has 0 atom stereocenters. The molecule has 0 fully saturated rings. The van der Waals surface area contributed by atoms with E-state index in [0.717, 1.165) is 10.2 Å². The summed E-state index contributed by atoms with van der Waals surface area (Å²) in [5.41, 5.74) is 2.25. The largest absolute Gasteiger partial charge is 0.249 e. The van der Waals surface area contributed by atoms with E-state index in [-0.39, 0.29) is 0 Å². The van der Waals surface area contributed by atoms with E-state index in [1.807, 2.05) is 13.0 Å². The highest BCUT2D eigenvalue weighted by atomic mass is 79.9. The molecule has 0 aromatic carbocycles. The third-order valence-corrected chi connectivity index (χ3v) is 2.32. The fourth-order valence-electron chi connectivity index (χ4n) is 0.716. The Hall–Kier alpha value is -0.0800.